The van der Waals surface area contributed by atoms with E-state index in [0.717, 1.165) is 22.8 Å². The minimum Gasteiger partial charge on any atom is -0.352 e. The highest BCUT2D eigenvalue weighted by molar-refractivity contribution is 7.09. The average Bonchev–Trinajstić information content (AvgIpc) is 3.19. The molecule has 2 aromatic heterocycles. The van der Waals surface area contributed by atoms with Crippen LogP contribution in [0.15, 0.2) is 54.2 Å². The molecular weight excluding hydrogens is 294 g/mol. The fourth-order valence-electron chi connectivity index (χ4n) is 2.24. The van der Waals surface area contributed by atoms with Crippen molar-refractivity contribution in [2.75, 3.05) is 6.54 Å². The number of hydrogen-bond acceptors (Lipinski definition) is 3. The van der Waals surface area contributed by atoms with Crippen molar-refractivity contribution < 1.29 is 4.79 Å². The topological polar surface area (TPSA) is 46.9 Å². The molecule has 3 aromatic rings. The molecule has 4 nitrogen and oxygen atoms in total. The number of aromatic nitrogens is 2. The van der Waals surface area contributed by atoms with E-state index in [4.69, 9.17) is 0 Å². The second-order valence-corrected chi connectivity index (χ2v) is 6.07. The van der Waals surface area contributed by atoms with Gasteiger partial charge in [-0.15, -0.1) is 11.3 Å². The third-order valence-electron chi connectivity index (χ3n) is 3.34. The number of benzene rings is 1. The lowest BCUT2D eigenvalue weighted by molar-refractivity contribution is 0.0954. The molecule has 1 aromatic carbocycles. The van der Waals surface area contributed by atoms with E-state index in [9.17, 15) is 4.79 Å². The Morgan fingerprint density at radius 3 is 2.82 bits per heavy atom. The van der Waals surface area contributed by atoms with Gasteiger partial charge in [0.05, 0.1) is 10.7 Å². The first-order valence-electron chi connectivity index (χ1n) is 7.15. The highest BCUT2D eigenvalue weighted by atomic mass is 32.1. The van der Waals surface area contributed by atoms with Gasteiger partial charge in [-0.05, 0) is 37.3 Å². The third-order valence-corrected chi connectivity index (χ3v) is 4.17. The second kappa shape index (κ2) is 6.58. The Balaban J connectivity index is 1.61. The van der Waals surface area contributed by atoms with Crippen molar-refractivity contribution in [1.29, 1.82) is 0 Å². The Hall–Kier alpha value is -2.40. The van der Waals surface area contributed by atoms with Crippen LogP contribution in [0.4, 0.5) is 0 Å². The molecule has 0 atom stereocenters. The van der Waals surface area contributed by atoms with Gasteiger partial charge in [-0.2, -0.15) is 0 Å². The quantitative estimate of drug-likeness (QED) is 0.786. The molecule has 1 N–H and O–H groups in total. The van der Waals surface area contributed by atoms with Crippen molar-refractivity contribution in [3.63, 3.8) is 0 Å². The molecular formula is C17H17N3OS. The lowest BCUT2D eigenvalue weighted by atomic mass is 10.2. The van der Waals surface area contributed by atoms with Crippen LogP contribution in [0.5, 0.6) is 0 Å². The highest BCUT2D eigenvalue weighted by Crippen LogP contribution is 2.11. The molecule has 0 unspecified atom stereocenters. The van der Waals surface area contributed by atoms with Crippen LogP contribution in [0.25, 0.3) is 5.69 Å². The van der Waals surface area contributed by atoms with Crippen LogP contribution in [0.2, 0.25) is 0 Å². The van der Waals surface area contributed by atoms with Crippen LogP contribution >= 0.6 is 11.3 Å². The smallest absolute Gasteiger partial charge is 0.251 e. The predicted octanol–water partition coefficient (Wildman–Crippen LogP) is 3.21. The summed E-state index contributed by atoms with van der Waals surface area (Å²) < 4.78 is 1.98. The molecule has 0 aliphatic rings. The minimum atomic E-state index is -0.0547. The van der Waals surface area contributed by atoms with Gasteiger partial charge in [-0.3, -0.25) is 4.79 Å². The van der Waals surface area contributed by atoms with Crippen LogP contribution in [0.1, 0.15) is 21.1 Å². The van der Waals surface area contributed by atoms with E-state index in [1.165, 1.54) is 0 Å². The second-order valence-electron chi connectivity index (χ2n) is 5.00. The van der Waals surface area contributed by atoms with E-state index in [1.807, 2.05) is 65.7 Å². The van der Waals surface area contributed by atoms with Crippen LogP contribution in [-0.2, 0) is 6.42 Å². The largest absolute Gasteiger partial charge is 0.352 e. The zero-order valence-electron chi connectivity index (χ0n) is 12.3. The van der Waals surface area contributed by atoms with Crippen LogP contribution in [-0.4, -0.2) is 22.0 Å². The van der Waals surface area contributed by atoms with E-state index in [1.54, 1.807) is 11.3 Å². The third kappa shape index (κ3) is 3.43. The fourth-order valence-corrected chi connectivity index (χ4v) is 2.89. The molecule has 1 amide bonds. The van der Waals surface area contributed by atoms with E-state index in [-0.39, 0.29) is 5.91 Å². The van der Waals surface area contributed by atoms with Crippen molar-refractivity contribution in [2.45, 2.75) is 13.3 Å². The summed E-state index contributed by atoms with van der Waals surface area (Å²) >= 11 is 1.63. The molecule has 0 fully saturated rings. The number of hydrogen-bond donors (Lipinski definition) is 1. The van der Waals surface area contributed by atoms with E-state index >= 15 is 0 Å². The Kier molecular flexibility index (Phi) is 4.34. The van der Waals surface area contributed by atoms with Crippen LogP contribution in [0.3, 0.4) is 0 Å². The zero-order valence-corrected chi connectivity index (χ0v) is 13.1. The first-order chi connectivity index (χ1) is 10.7. The SMILES string of the molecule is Cc1nc(CCNC(=O)c2cccc(-n3cccc3)c2)cs1. The maximum atomic E-state index is 12.2. The highest BCUT2D eigenvalue weighted by Gasteiger charge is 2.07. The minimum absolute atomic E-state index is 0.0547. The van der Waals surface area contributed by atoms with Crippen molar-refractivity contribution in [1.82, 2.24) is 14.9 Å². The number of rotatable bonds is 5. The summed E-state index contributed by atoms with van der Waals surface area (Å²) in [4.78, 5) is 16.6. The maximum absolute atomic E-state index is 12.2. The van der Waals surface area contributed by atoms with Gasteiger partial charge in [0.1, 0.15) is 0 Å². The number of carbonyl (C=O) groups excluding carboxylic acids is 1. The number of nitrogens with one attached hydrogen (secondary N) is 1. The van der Waals surface area contributed by atoms with Gasteiger partial charge >= 0.3 is 0 Å². The van der Waals surface area contributed by atoms with Crippen LogP contribution < -0.4 is 5.32 Å². The molecule has 0 radical (unpaired) electrons. The monoisotopic (exact) mass is 311 g/mol. The van der Waals surface area contributed by atoms with Crippen LogP contribution in [0, 0.1) is 6.92 Å². The first-order valence-corrected chi connectivity index (χ1v) is 8.03. The van der Waals surface area contributed by atoms with Gasteiger partial charge in [0.2, 0.25) is 0 Å². The summed E-state index contributed by atoms with van der Waals surface area (Å²) in [5, 5.41) is 6.04. The molecule has 0 spiro atoms. The number of carbonyl (C=O) groups is 1. The molecule has 0 saturated carbocycles. The van der Waals surface area contributed by atoms with E-state index in [0.29, 0.717) is 12.1 Å². The molecule has 0 aliphatic heterocycles. The van der Waals surface area contributed by atoms with E-state index < -0.39 is 0 Å². The van der Waals surface area contributed by atoms with Gasteiger partial charge < -0.3 is 9.88 Å². The maximum Gasteiger partial charge on any atom is 0.251 e. The van der Waals surface area contributed by atoms with Gasteiger partial charge in [-0.1, -0.05) is 6.07 Å². The molecule has 0 saturated heterocycles. The van der Waals surface area contributed by atoms with Gasteiger partial charge in [0.25, 0.3) is 5.91 Å². The standard InChI is InChI=1S/C17H17N3OS/c1-13-19-15(12-22-13)7-8-18-17(21)14-5-4-6-16(11-14)20-9-2-3-10-20/h2-6,9-12H,7-8H2,1H3,(H,18,21). The molecule has 112 valence electrons. The van der Waals surface area contributed by atoms with Crippen molar-refractivity contribution in [3.8, 4) is 5.69 Å². The summed E-state index contributed by atoms with van der Waals surface area (Å²) in [5.74, 6) is -0.0547. The van der Waals surface area contributed by atoms with E-state index in [2.05, 4.69) is 10.3 Å². The molecule has 0 aliphatic carbocycles. The lowest BCUT2D eigenvalue weighted by Gasteiger charge is -2.07. The Bertz CT molecular complexity index is 762. The summed E-state index contributed by atoms with van der Waals surface area (Å²) in [6.45, 7) is 2.58. The number of amides is 1. The first kappa shape index (κ1) is 14.5. The molecule has 5 heteroatoms. The Morgan fingerprint density at radius 2 is 2.09 bits per heavy atom. The lowest BCUT2D eigenvalue weighted by Crippen LogP contribution is -2.25. The predicted molar refractivity (Wildman–Crippen MR) is 88.7 cm³/mol. The normalized spacial score (nSPS) is 10.6. The molecule has 0 bridgehead atoms. The number of aryl methyl sites for hydroxylation is 1. The zero-order chi connectivity index (χ0) is 15.4. The van der Waals surface area contributed by atoms with Crippen molar-refractivity contribution in [2.24, 2.45) is 0 Å². The van der Waals surface area contributed by atoms with Gasteiger partial charge in [0, 0.05) is 42.0 Å². The summed E-state index contributed by atoms with van der Waals surface area (Å²) in [6, 6.07) is 11.5. The Labute approximate surface area is 133 Å². The van der Waals surface area contributed by atoms with Gasteiger partial charge in [0.15, 0.2) is 0 Å². The van der Waals surface area contributed by atoms with Gasteiger partial charge in [-0.25, -0.2) is 4.98 Å². The summed E-state index contributed by atoms with van der Waals surface area (Å²) in [5.41, 5.74) is 2.68. The summed E-state index contributed by atoms with van der Waals surface area (Å²) in [7, 11) is 0. The Morgan fingerprint density at radius 1 is 1.27 bits per heavy atom. The molecule has 3 rings (SSSR count). The summed E-state index contributed by atoms with van der Waals surface area (Å²) in [6.07, 6.45) is 4.68. The number of thiazole rings is 1. The van der Waals surface area contributed by atoms with Crippen molar-refractivity contribution >= 4 is 17.2 Å². The molecule has 2 heterocycles. The number of nitrogens with zero attached hydrogens (tertiary/aromatic N) is 2. The van der Waals surface area contributed by atoms with Crippen molar-refractivity contribution in [3.05, 3.63) is 70.4 Å². The molecule has 22 heavy (non-hydrogen) atoms. The fraction of sp³-hybridized carbons (Fsp3) is 0.176. The average molecular weight is 311 g/mol.